The van der Waals surface area contributed by atoms with Crippen LogP contribution in [0.5, 0.6) is 5.75 Å². The average molecular weight is 349 g/mol. The van der Waals surface area contributed by atoms with Gasteiger partial charge in [-0.25, -0.2) is 9.78 Å². The first-order valence-corrected chi connectivity index (χ1v) is 8.33. The maximum atomic E-state index is 11.3. The van der Waals surface area contributed by atoms with Crippen LogP contribution in [0, 0.1) is 0 Å². The van der Waals surface area contributed by atoms with Gasteiger partial charge in [0.05, 0.1) is 24.8 Å². The summed E-state index contributed by atoms with van der Waals surface area (Å²) in [7, 11) is 1.59. The van der Waals surface area contributed by atoms with E-state index in [2.05, 4.69) is 4.98 Å². The van der Waals surface area contributed by atoms with Gasteiger partial charge in [-0.2, -0.15) is 0 Å². The second-order valence-corrected chi connectivity index (χ2v) is 5.70. The van der Waals surface area contributed by atoms with E-state index in [1.54, 1.807) is 19.5 Å². The van der Waals surface area contributed by atoms with Crippen LogP contribution in [0.25, 0.3) is 11.8 Å². The average Bonchev–Trinajstić information content (AvgIpc) is 3.07. The third-order valence-corrected chi connectivity index (χ3v) is 3.94. The molecule has 2 rings (SSSR count). The summed E-state index contributed by atoms with van der Waals surface area (Å²) in [4.78, 5) is 15.7. The van der Waals surface area contributed by atoms with Crippen molar-refractivity contribution in [1.29, 1.82) is 0 Å². The zero-order valence-electron chi connectivity index (χ0n) is 13.8. The monoisotopic (exact) mass is 348 g/mol. The summed E-state index contributed by atoms with van der Waals surface area (Å²) in [5, 5.41) is 9.30. The smallest absolute Gasteiger partial charge is 0.331 e. The Morgan fingerprint density at radius 2 is 2.25 bits per heavy atom. The number of ether oxygens (including phenoxy) is 1. The molecule has 0 fully saturated rings. The number of alkyl halides is 1. The normalized spacial score (nSPS) is 11.5. The van der Waals surface area contributed by atoms with Crippen molar-refractivity contribution in [3.05, 3.63) is 47.6 Å². The minimum absolute atomic E-state index is 0.335. The van der Waals surface area contributed by atoms with Gasteiger partial charge >= 0.3 is 5.97 Å². The molecule has 0 atom stereocenters. The number of carboxylic acid groups (broad SMARTS) is 1. The van der Waals surface area contributed by atoms with Crippen molar-refractivity contribution < 1.29 is 14.6 Å². The number of hydrogen-bond acceptors (Lipinski definition) is 3. The molecule has 0 radical (unpaired) electrons. The molecule has 0 aliphatic rings. The molecule has 0 unspecified atom stereocenters. The lowest BCUT2D eigenvalue weighted by molar-refractivity contribution is -0.132. The lowest BCUT2D eigenvalue weighted by atomic mass is 10.1. The molecule has 0 aliphatic heterocycles. The zero-order valence-corrected chi connectivity index (χ0v) is 14.6. The fourth-order valence-electron chi connectivity index (χ4n) is 2.37. The highest BCUT2D eigenvalue weighted by atomic mass is 35.5. The second-order valence-electron chi connectivity index (χ2n) is 5.32. The van der Waals surface area contributed by atoms with Crippen LogP contribution in [0.2, 0.25) is 0 Å². The number of carbonyl (C=O) groups is 1. The van der Waals surface area contributed by atoms with Crippen molar-refractivity contribution in [1.82, 2.24) is 9.55 Å². The van der Waals surface area contributed by atoms with Gasteiger partial charge in [-0.15, -0.1) is 11.6 Å². The molecule has 1 aromatic heterocycles. The van der Waals surface area contributed by atoms with Gasteiger partial charge in [0.1, 0.15) is 5.75 Å². The highest BCUT2D eigenvalue weighted by molar-refractivity contribution is 6.17. The molecular weight excluding hydrogens is 328 g/mol. The Hall–Kier alpha value is -2.27. The van der Waals surface area contributed by atoms with Crippen LogP contribution in [0.15, 0.2) is 36.3 Å². The maximum Gasteiger partial charge on any atom is 0.331 e. The molecule has 1 heterocycles. The van der Waals surface area contributed by atoms with Crippen LogP contribution in [0.3, 0.4) is 0 Å². The Morgan fingerprint density at radius 1 is 1.46 bits per heavy atom. The molecule has 0 saturated carbocycles. The van der Waals surface area contributed by atoms with Crippen LogP contribution >= 0.6 is 11.6 Å². The van der Waals surface area contributed by atoms with Gasteiger partial charge in [-0.1, -0.05) is 13.0 Å². The number of aromatic nitrogens is 2. The van der Waals surface area contributed by atoms with E-state index in [9.17, 15) is 9.90 Å². The first-order chi connectivity index (χ1) is 11.6. The lowest BCUT2D eigenvalue weighted by Gasteiger charge is -2.10. The maximum absolute atomic E-state index is 11.3. The number of imidazole rings is 1. The molecule has 128 valence electrons. The van der Waals surface area contributed by atoms with Crippen LogP contribution in [-0.4, -0.2) is 33.6 Å². The molecule has 6 heteroatoms. The fourth-order valence-corrected chi connectivity index (χ4v) is 2.51. The summed E-state index contributed by atoms with van der Waals surface area (Å²) in [6.45, 7) is 2.05. The topological polar surface area (TPSA) is 64.4 Å². The van der Waals surface area contributed by atoms with E-state index < -0.39 is 5.97 Å². The van der Waals surface area contributed by atoms with Crippen LogP contribution in [0.4, 0.5) is 0 Å². The molecule has 0 saturated heterocycles. The van der Waals surface area contributed by atoms with E-state index in [-0.39, 0.29) is 0 Å². The molecule has 0 spiro atoms. The summed E-state index contributed by atoms with van der Waals surface area (Å²) in [6, 6.07) is 5.59. The quantitative estimate of drug-likeness (QED) is 0.580. The highest BCUT2D eigenvalue weighted by Crippen LogP contribution is 2.26. The Kier molecular flexibility index (Phi) is 6.44. The minimum atomic E-state index is -0.926. The Bertz CT molecular complexity index is 738. The molecule has 0 bridgehead atoms. The number of hydrogen-bond donors (Lipinski definition) is 1. The first kappa shape index (κ1) is 18.1. The Balaban J connectivity index is 2.35. The van der Waals surface area contributed by atoms with E-state index >= 15 is 0 Å². The summed E-state index contributed by atoms with van der Waals surface area (Å²) in [6.07, 6.45) is 7.28. The molecule has 5 nitrogen and oxygen atoms in total. The van der Waals surface area contributed by atoms with E-state index in [4.69, 9.17) is 16.3 Å². The molecule has 1 N–H and O–H groups in total. The Labute approximate surface area is 146 Å². The number of methoxy groups -OCH3 is 1. The Morgan fingerprint density at radius 3 is 2.83 bits per heavy atom. The van der Waals surface area contributed by atoms with E-state index in [0.717, 1.165) is 23.4 Å². The van der Waals surface area contributed by atoms with E-state index in [1.807, 2.05) is 35.9 Å². The van der Waals surface area contributed by atoms with Crippen molar-refractivity contribution in [2.75, 3.05) is 13.0 Å². The summed E-state index contributed by atoms with van der Waals surface area (Å²) >= 11 is 5.65. The third kappa shape index (κ3) is 4.38. The van der Waals surface area contributed by atoms with Crippen LogP contribution in [-0.2, 0) is 11.2 Å². The van der Waals surface area contributed by atoms with Crippen molar-refractivity contribution in [3.63, 3.8) is 0 Å². The van der Waals surface area contributed by atoms with Crippen molar-refractivity contribution in [3.8, 4) is 11.4 Å². The van der Waals surface area contributed by atoms with Crippen molar-refractivity contribution in [2.24, 2.45) is 0 Å². The number of aliphatic carboxylic acids is 1. The van der Waals surface area contributed by atoms with Crippen molar-refractivity contribution in [2.45, 2.75) is 26.2 Å². The molecule has 0 amide bonds. The molecule has 2 aromatic rings. The number of halogens is 1. The molecular formula is C18H21ClN2O3. The largest absolute Gasteiger partial charge is 0.495 e. The zero-order chi connectivity index (χ0) is 17.5. The van der Waals surface area contributed by atoms with Gasteiger partial charge in [-0.05, 0) is 43.0 Å². The summed E-state index contributed by atoms with van der Waals surface area (Å²) in [5.74, 6) is 0.170. The second kappa shape index (κ2) is 8.55. The van der Waals surface area contributed by atoms with Gasteiger partial charge in [-0.3, -0.25) is 0 Å². The number of nitrogens with zero attached hydrogens (tertiary/aromatic N) is 2. The first-order valence-electron chi connectivity index (χ1n) is 7.80. The fraction of sp³-hybridized carbons (Fsp3) is 0.333. The van der Waals surface area contributed by atoms with Gasteiger partial charge < -0.3 is 14.4 Å². The van der Waals surface area contributed by atoms with Crippen molar-refractivity contribution >= 4 is 23.6 Å². The van der Waals surface area contributed by atoms with E-state index in [1.165, 1.54) is 0 Å². The standard InChI is InChI=1S/C18H21ClN2O3/c1-3-15-11-21(12-20-15)16-7-6-13(10-17(16)24-2)9-14(18(22)23)5-4-8-19/h6-7,9-12H,3-5,8H2,1-2H3,(H,22,23)/b14-9+. The number of rotatable bonds is 8. The number of carboxylic acids is 1. The number of benzene rings is 1. The van der Waals surface area contributed by atoms with Crippen LogP contribution in [0.1, 0.15) is 31.0 Å². The van der Waals surface area contributed by atoms with Gasteiger partial charge in [0.2, 0.25) is 0 Å². The predicted molar refractivity (Wildman–Crippen MR) is 95.1 cm³/mol. The van der Waals surface area contributed by atoms with Gasteiger partial charge in [0, 0.05) is 17.6 Å². The summed E-state index contributed by atoms with van der Waals surface area (Å²) in [5.41, 5.74) is 2.97. The van der Waals surface area contributed by atoms with Crippen LogP contribution < -0.4 is 4.74 Å². The summed E-state index contributed by atoms with van der Waals surface area (Å²) < 4.78 is 7.36. The number of aryl methyl sites for hydroxylation is 1. The minimum Gasteiger partial charge on any atom is -0.495 e. The SMILES string of the molecule is CCc1cn(-c2ccc(/C=C(\CCCCl)C(=O)O)cc2OC)cn1. The van der Waals surface area contributed by atoms with E-state index in [0.29, 0.717) is 30.0 Å². The van der Waals surface area contributed by atoms with Gasteiger partial charge in [0.15, 0.2) is 0 Å². The molecule has 0 aliphatic carbocycles. The third-order valence-electron chi connectivity index (χ3n) is 3.68. The van der Waals surface area contributed by atoms with Gasteiger partial charge in [0.25, 0.3) is 0 Å². The highest BCUT2D eigenvalue weighted by Gasteiger charge is 2.10. The lowest BCUT2D eigenvalue weighted by Crippen LogP contribution is -2.01. The predicted octanol–water partition coefficient (Wildman–Crippen LogP) is 3.93. The molecule has 24 heavy (non-hydrogen) atoms. The molecule has 1 aromatic carbocycles.